The lowest BCUT2D eigenvalue weighted by atomic mass is 10.1. The van der Waals surface area contributed by atoms with Crippen molar-refractivity contribution in [3.05, 3.63) is 34.0 Å². The topological polar surface area (TPSA) is 89.0 Å². The van der Waals surface area contributed by atoms with E-state index in [9.17, 15) is 0 Å². The highest BCUT2D eigenvalue weighted by Gasteiger charge is 2.15. The maximum absolute atomic E-state index is 5.53. The Bertz CT molecular complexity index is 583. The van der Waals surface area contributed by atoms with Crippen LogP contribution < -0.4 is 16.6 Å². The number of halogens is 1. The third-order valence-corrected chi connectivity index (χ3v) is 3.58. The van der Waals surface area contributed by atoms with Gasteiger partial charge in [-0.05, 0) is 42.8 Å². The Morgan fingerprint density at radius 2 is 2.00 bits per heavy atom. The Morgan fingerprint density at radius 3 is 2.58 bits per heavy atom. The normalized spacial score (nSPS) is 12.3. The number of hydrogen-bond donors (Lipinski definition) is 3. The molecule has 0 fully saturated rings. The first-order valence-corrected chi connectivity index (χ1v) is 6.62. The molecule has 0 amide bonds. The maximum Gasteiger partial charge on any atom is 0.159 e. The molecule has 19 heavy (non-hydrogen) atoms. The van der Waals surface area contributed by atoms with Crippen LogP contribution in [0.3, 0.4) is 0 Å². The van der Waals surface area contributed by atoms with E-state index in [2.05, 4.69) is 36.6 Å². The number of nitrogens with one attached hydrogen (secondary N) is 2. The first-order chi connectivity index (χ1) is 9.02. The van der Waals surface area contributed by atoms with E-state index >= 15 is 0 Å². The van der Waals surface area contributed by atoms with Gasteiger partial charge in [0.05, 0.1) is 6.04 Å². The molecule has 7 heteroatoms. The third-order valence-electron chi connectivity index (χ3n) is 2.83. The zero-order valence-corrected chi connectivity index (χ0v) is 12.6. The lowest BCUT2D eigenvalue weighted by Gasteiger charge is -2.15. The molecule has 2 aromatic rings. The van der Waals surface area contributed by atoms with Gasteiger partial charge in [-0.1, -0.05) is 0 Å². The van der Waals surface area contributed by atoms with Gasteiger partial charge in [0.1, 0.15) is 28.1 Å². The Hall–Kier alpha value is -1.60. The van der Waals surface area contributed by atoms with Gasteiger partial charge in [0.2, 0.25) is 0 Å². The Morgan fingerprint density at radius 1 is 1.32 bits per heavy atom. The molecule has 0 aromatic carbocycles. The van der Waals surface area contributed by atoms with E-state index in [1.165, 1.54) is 6.33 Å². The summed E-state index contributed by atoms with van der Waals surface area (Å²) in [6, 6.07) is 2.08. The Balaban J connectivity index is 2.24. The van der Waals surface area contributed by atoms with Crippen LogP contribution in [-0.4, -0.2) is 9.97 Å². The lowest BCUT2D eigenvalue weighted by Crippen LogP contribution is -2.13. The van der Waals surface area contributed by atoms with Gasteiger partial charge in [0, 0.05) is 5.56 Å². The fourth-order valence-corrected chi connectivity index (χ4v) is 2.37. The molecule has 1 atom stereocenters. The van der Waals surface area contributed by atoms with Gasteiger partial charge in [0.25, 0.3) is 0 Å². The molecule has 2 aromatic heterocycles. The van der Waals surface area contributed by atoms with Crippen molar-refractivity contribution in [2.24, 2.45) is 5.84 Å². The van der Waals surface area contributed by atoms with Crippen LogP contribution in [0.1, 0.15) is 30.0 Å². The molecule has 0 saturated carbocycles. The van der Waals surface area contributed by atoms with Crippen molar-refractivity contribution in [1.29, 1.82) is 0 Å². The molecule has 0 spiro atoms. The summed E-state index contributed by atoms with van der Waals surface area (Å²) >= 11 is 3.41. The molecule has 0 aliphatic carbocycles. The second kappa shape index (κ2) is 5.58. The standard InChI is InChI=1S/C12H16BrN5O/c1-6-4-9(8(3)19-6)7(2)17-11-10(13)12(18-14)16-5-15-11/h4-5,7H,14H2,1-3H3,(H2,15,16,17,18). The second-order valence-electron chi connectivity index (χ2n) is 4.26. The molecular formula is C12H16BrN5O. The van der Waals surface area contributed by atoms with Crippen molar-refractivity contribution in [2.45, 2.75) is 26.8 Å². The first-order valence-electron chi connectivity index (χ1n) is 5.83. The summed E-state index contributed by atoms with van der Waals surface area (Å²) in [5.41, 5.74) is 3.61. The van der Waals surface area contributed by atoms with E-state index in [0.717, 1.165) is 17.1 Å². The number of nitrogen functional groups attached to an aromatic ring is 1. The van der Waals surface area contributed by atoms with Crippen molar-refractivity contribution in [2.75, 3.05) is 10.7 Å². The van der Waals surface area contributed by atoms with E-state index in [4.69, 9.17) is 10.3 Å². The molecule has 2 heterocycles. The highest BCUT2D eigenvalue weighted by atomic mass is 79.9. The van der Waals surface area contributed by atoms with E-state index in [1.807, 2.05) is 26.8 Å². The predicted molar refractivity (Wildman–Crippen MR) is 77.8 cm³/mol. The average molecular weight is 326 g/mol. The van der Waals surface area contributed by atoms with Gasteiger partial charge in [-0.15, -0.1) is 0 Å². The van der Waals surface area contributed by atoms with Crippen molar-refractivity contribution < 1.29 is 4.42 Å². The number of hydrazine groups is 1. The fraction of sp³-hybridized carbons (Fsp3) is 0.333. The van der Waals surface area contributed by atoms with Crippen LogP contribution in [0.15, 0.2) is 21.3 Å². The quantitative estimate of drug-likeness (QED) is 0.591. The van der Waals surface area contributed by atoms with E-state index < -0.39 is 0 Å². The third kappa shape index (κ3) is 2.87. The summed E-state index contributed by atoms with van der Waals surface area (Å²) < 4.78 is 6.23. The van der Waals surface area contributed by atoms with Crippen LogP contribution in [0.4, 0.5) is 11.6 Å². The summed E-state index contributed by atoms with van der Waals surface area (Å²) in [5, 5.41) is 3.30. The largest absolute Gasteiger partial charge is 0.466 e. The van der Waals surface area contributed by atoms with Crippen LogP contribution in [0.5, 0.6) is 0 Å². The van der Waals surface area contributed by atoms with Crippen molar-refractivity contribution >= 4 is 27.6 Å². The van der Waals surface area contributed by atoms with Gasteiger partial charge in [-0.25, -0.2) is 15.8 Å². The average Bonchev–Trinajstić information content (AvgIpc) is 2.71. The second-order valence-corrected chi connectivity index (χ2v) is 5.06. The molecule has 4 N–H and O–H groups in total. The van der Waals surface area contributed by atoms with Crippen molar-refractivity contribution in [3.8, 4) is 0 Å². The van der Waals surface area contributed by atoms with Crippen LogP contribution in [0.25, 0.3) is 0 Å². The molecule has 6 nitrogen and oxygen atoms in total. The number of furan rings is 1. The number of aryl methyl sites for hydroxylation is 2. The van der Waals surface area contributed by atoms with Gasteiger partial charge in [-0.3, -0.25) is 0 Å². The zero-order chi connectivity index (χ0) is 14.0. The van der Waals surface area contributed by atoms with Crippen LogP contribution in [0, 0.1) is 13.8 Å². The van der Waals surface area contributed by atoms with Gasteiger partial charge >= 0.3 is 0 Å². The Labute approximate surface area is 119 Å². The summed E-state index contributed by atoms with van der Waals surface area (Å²) in [7, 11) is 0. The smallest absolute Gasteiger partial charge is 0.159 e. The van der Waals surface area contributed by atoms with E-state index in [-0.39, 0.29) is 6.04 Å². The van der Waals surface area contributed by atoms with E-state index in [0.29, 0.717) is 16.1 Å². The number of nitrogens with two attached hydrogens (primary N) is 1. The van der Waals surface area contributed by atoms with Crippen molar-refractivity contribution in [1.82, 2.24) is 9.97 Å². The molecule has 0 aliphatic heterocycles. The highest BCUT2D eigenvalue weighted by molar-refractivity contribution is 9.10. The SMILES string of the molecule is Cc1cc(C(C)Nc2ncnc(NN)c2Br)c(C)o1. The van der Waals surface area contributed by atoms with E-state index in [1.54, 1.807) is 0 Å². The monoisotopic (exact) mass is 325 g/mol. The zero-order valence-electron chi connectivity index (χ0n) is 11.0. The van der Waals surface area contributed by atoms with Gasteiger partial charge in [-0.2, -0.15) is 0 Å². The van der Waals surface area contributed by atoms with Gasteiger partial charge < -0.3 is 15.2 Å². The molecule has 1 unspecified atom stereocenters. The van der Waals surface area contributed by atoms with Crippen LogP contribution in [0.2, 0.25) is 0 Å². The lowest BCUT2D eigenvalue weighted by molar-refractivity contribution is 0.499. The Kier molecular flexibility index (Phi) is 4.06. The van der Waals surface area contributed by atoms with Crippen molar-refractivity contribution in [3.63, 3.8) is 0 Å². The summed E-state index contributed by atoms with van der Waals surface area (Å²) in [5.74, 6) is 8.38. The minimum atomic E-state index is 0.0641. The first kappa shape index (κ1) is 13.8. The number of hydrogen-bond acceptors (Lipinski definition) is 6. The fourth-order valence-electron chi connectivity index (χ4n) is 1.93. The predicted octanol–water partition coefficient (Wildman–Crippen LogP) is 2.91. The molecule has 0 bridgehead atoms. The summed E-state index contributed by atoms with van der Waals surface area (Å²) in [6.45, 7) is 5.92. The van der Waals surface area contributed by atoms with Gasteiger partial charge in [0.15, 0.2) is 5.82 Å². The summed E-state index contributed by atoms with van der Waals surface area (Å²) in [6.07, 6.45) is 1.45. The minimum absolute atomic E-state index is 0.0641. The molecule has 0 saturated heterocycles. The molecule has 0 aliphatic rings. The maximum atomic E-state index is 5.53. The number of anilines is 2. The molecule has 102 valence electrons. The molecular weight excluding hydrogens is 310 g/mol. The summed E-state index contributed by atoms with van der Waals surface area (Å²) in [4.78, 5) is 8.20. The van der Waals surface area contributed by atoms with Crippen LogP contribution >= 0.6 is 15.9 Å². The number of aromatic nitrogens is 2. The molecule has 0 radical (unpaired) electrons. The minimum Gasteiger partial charge on any atom is -0.466 e. The van der Waals surface area contributed by atoms with Crippen LogP contribution in [-0.2, 0) is 0 Å². The molecule has 2 rings (SSSR count). The number of rotatable bonds is 4. The highest BCUT2D eigenvalue weighted by Crippen LogP contribution is 2.30. The number of nitrogens with zero attached hydrogens (tertiary/aromatic N) is 2.